The van der Waals surface area contributed by atoms with E-state index in [0.29, 0.717) is 31.5 Å². The zero-order valence-electron chi connectivity index (χ0n) is 8.48. The molecule has 1 N–H and O–H groups in total. The molecule has 0 aliphatic heterocycles. The van der Waals surface area contributed by atoms with Gasteiger partial charge in [-0.15, -0.1) is 0 Å². The van der Waals surface area contributed by atoms with Crippen LogP contribution in [0.2, 0.25) is 20.1 Å². The Morgan fingerprint density at radius 3 is 2.00 bits per heavy atom. The predicted octanol–water partition coefficient (Wildman–Crippen LogP) is 6.04. The van der Waals surface area contributed by atoms with E-state index in [1.807, 2.05) is 0 Å². The van der Waals surface area contributed by atoms with Crippen LogP contribution in [-0.4, -0.2) is 0 Å². The molecule has 2 aromatic rings. The Hall–Kier alpha value is -0.600. The zero-order chi connectivity index (χ0) is 12.4. The van der Waals surface area contributed by atoms with E-state index in [2.05, 4.69) is 5.32 Å². The molecule has 0 aromatic heterocycles. The number of anilines is 2. The maximum Gasteiger partial charge on any atom is 0.0763 e. The minimum absolute atomic E-state index is 0.508. The van der Waals surface area contributed by atoms with Crippen LogP contribution in [0.4, 0.5) is 11.4 Å². The molecule has 0 amide bonds. The topological polar surface area (TPSA) is 12.0 Å². The molecule has 2 aromatic carbocycles. The normalized spacial score (nSPS) is 10.4. The summed E-state index contributed by atoms with van der Waals surface area (Å²) >= 11 is 24.0. The molecule has 0 spiro atoms. The van der Waals surface area contributed by atoms with Crippen LogP contribution in [0.1, 0.15) is 0 Å². The van der Waals surface area contributed by atoms with Crippen molar-refractivity contribution < 1.29 is 0 Å². The summed E-state index contributed by atoms with van der Waals surface area (Å²) in [6, 6.07) is 10.4. The second-order valence-corrected chi connectivity index (χ2v) is 5.00. The average Bonchev–Trinajstić information content (AvgIpc) is 2.26. The highest BCUT2D eigenvalue weighted by Crippen LogP contribution is 2.35. The van der Waals surface area contributed by atoms with Crippen LogP contribution in [0.15, 0.2) is 36.4 Å². The molecule has 17 heavy (non-hydrogen) atoms. The molecule has 0 saturated carbocycles. The van der Waals surface area contributed by atoms with Crippen molar-refractivity contribution in [2.75, 3.05) is 5.32 Å². The second kappa shape index (κ2) is 5.36. The lowest BCUT2D eigenvalue weighted by atomic mass is 10.2. The van der Waals surface area contributed by atoms with Crippen LogP contribution in [0.5, 0.6) is 0 Å². The molecule has 0 saturated heterocycles. The number of halogens is 4. The van der Waals surface area contributed by atoms with Crippen LogP contribution in [0, 0.1) is 0 Å². The number of rotatable bonds is 2. The third-order valence-corrected chi connectivity index (χ3v) is 3.33. The molecular formula is C12H7Cl4N. The van der Waals surface area contributed by atoms with Gasteiger partial charge in [0.15, 0.2) is 0 Å². The van der Waals surface area contributed by atoms with Crippen LogP contribution in [-0.2, 0) is 0 Å². The van der Waals surface area contributed by atoms with E-state index in [9.17, 15) is 0 Å². The smallest absolute Gasteiger partial charge is 0.0763 e. The summed E-state index contributed by atoms with van der Waals surface area (Å²) in [6.45, 7) is 0. The van der Waals surface area contributed by atoms with Gasteiger partial charge in [-0.3, -0.25) is 0 Å². The van der Waals surface area contributed by atoms with Gasteiger partial charge in [-0.2, -0.15) is 0 Å². The SMILES string of the molecule is Clc1ccc(Nc2c(Cl)cccc2Cl)c(Cl)c1. The summed E-state index contributed by atoms with van der Waals surface area (Å²) in [5.41, 5.74) is 1.33. The predicted molar refractivity (Wildman–Crippen MR) is 76.2 cm³/mol. The summed E-state index contributed by atoms with van der Waals surface area (Å²) in [7, 11) is 0. The molecule has 0 bridgehead atoms. The van der Waals surface area contributed by atoms with Crippen LogP contribution in [0.25, 0.3) is 0 Å². The number of hydrogen-bond acceptors (Lipinski definition) is 1. The molecule has 2 rings (SSSR count). The van der Waals surface area contributed by atoms with E-state index < -0.39 is 0 Å². The summed E-state index contributed by atoms with van der Waals surface area (Å²) in [6.07, 6.45) is 0. The van der Waals surface area contributed by atoms with E-state index >= 15 is 0 Å². The fourth-order valence-electron chi connectivity index (χ4n) is 1.34. The molecule has 0 radical (unpaired) electrons. The van der Waals surface area contributed by atoms with Crippen LogP contribution < -0.4 is 5.32 Å². The molecule has 1 nitrogen and oxygen atoms in total. The minimum atomic E-state index is 0.508. The van der Waals surface area contributed by atoms with Crippen LogP contribution in [0.3, 0.4) is 0 Å². The van der Waals surface area contributed by atoms with Gasteiger partial charge < -0.3 is 5.32 Å². The molecule has 0 heterocycles. The van der Waals surface area contributed by atoms with Gasteiger partial charge in [0.25, 0.3) is 0 Å². The Morgan fingerprint density at radius 2 is 1.41 bits per heavy atom. The van der Waals surface area contributed by atoms with Gasteiger partial charge in [-0.25, -0.2) is 0 Å². The maximum absolute atomic E-state index is 6.05. The van der Waals surface area contributed by atoms with Gasteiger partial charge in [-0.1, -0.05) is 52.5 Å². The highest BCUT2D eigenvalue weighted by atomic mass is 35.5. The summed E-state index contributed by atoms with van der Waals surface area (Å²) in [5, 5.41) is 5.23. The van der Waals surface area contributed by atoms with Crippen LogP contribution >= 0.6 is 46.4 Å². The quantitative estimate of drug-likeness (QED) is 0.712. The monoisotopic (exact) mass is 305 g/mol. The van der Waals surface area contributed by atoms with Gasteiger partial charge in [0, 0.05) is 5.02 Å². The van der Waals surface area contributed by atoms with E-state index in [1.54, 1.807) is 36.4 Å². The highest BCUT2D eigenvalue weighted by Gasteiger charge is 2.07. The van der Waals surface area contributed by atoms with Crippen molar-refractivity contribution in [1.82, 2.24) is 0 Å². The first-order valence-electron chi connectivity index (χ1n) is 4.74. The zero-order valence-corrected chi connectivity index (χ0v) is 11.5. The standard InChI is InChI=1S/C12H7Cl4N/c13-7-4-5-11(10(16)6-7)17-12-8(14)2-1-3-9(12)15/h1-6,17H. The molecular weight excluding hydrogens is 300 g/mol. The van der Waals surface area contributed by atoms with Crippen molar-refractivity contribution >= 4 is 57.8 Å². The lowest BCUT2D eigenvalue weighted by Crippen LogP contribution is -1.93. The minimum Gasteiger partial charge on any atom is -0.352 e. The molecule has 5 heteroatoms. The fourth-order valence-corrected chi connectivity index (χ4v) is 2.29. The first-order chi connectivity index (χ1) is 8.08. The highest BCUT2D eigenvalue weighted by molar-refractivity contribution is 6.40. The third-order valence-electron chi connectivity index (χ3n) is 2.15. The van der Waals surface area contributed by atoms with Gasteiger partial charge in [0.1, 0.15) is 0 Å². The molecule has 0 aliphatic rings. The fraction of sp³-hybridized carbons (Fsp3) is 0. The summed E-state index contributed by atoms with van der Waals surface area (Å²) in [5.74, 6) is 0. The average molecular weight is 307 g/mol. The van der Waals surface area contributed by atoms with Crippen molar-refractivity contribution in [3.05, 3.63) is 56.5 Å². The molecule has 0 fully saturated rings. The van der Waals surface area contributed by atoms with E-state index in [-0.39, 0.29) is 0 Å². The van der Waals surface area contributed by atoms with Crippen molar-refractivity contribution in [2.24, 2.45) is 0 Å². The molecule has 0 atom stereocenters. The van der Waals surface area contributed by atoms with Gasteiger partial charge in [0.2, 0.25) is 0 Å². The van der Waals surface area contributed by atoms with Gasteiger partial charge in [-0.05, 0) is 30.3 Å². The maximum atomic E-state index is 6.05. The Labute approximate surface area is 119 Å². The Kier molecular flexibility index (Phi) is 4.05. The molecule has 0 aliphatic carbocycles. The lowest BCUT2D eigenvalue weighted by Gasteiger charge is -2.11. The molecule has 88 valence electrons. The Balaban J connectivity index is 2.38. The van der Waals surface area contributed by atoms with E-state index in [1.165, 1.54) is 0 Å². The second-order valence-electron chi connectivity index (χ2n) is 3.35. The van der Waals surface area contributed by atoms with E-state index in [4.69, 9.17) is 46.4 Å². The van der Waals surface area contributed by atoms with Gasteiger partial charge >= 0.3 is 0 Å². The van der Waals surface area contributed by atoms with Crippen molar-refractivity contribution in [1.29, 1.82) is 0 Å². The van der Waals surface area contributed by atoms with Crippen molar-refractivity contribution in [3.8, 4) is 0 Å². The van der Waals surface area contributed by atoms with Gasteiger partial charge in [0.05, 0.1) is 26.4 Å². The largest absolute Gasteiger partial charge is 0.352 e. The number of para-hydroxylation sites is 1. The lowest BCUT2D eigenvalue weighted by molar-refractivity contribution is 1.55. The first kappa shape index (κ1) is 12.8. The number of benzene rings is 2. The van der Waals surface area contributed by atoms with E-state index in [0.717, 1.165) is 0 Å². The summed E-state index contributed by atoms with van der Waals surface area (Å²) in [4.78, 5) is 0. The summed E-state index contributed by atoms with van der Waals surface area (Å²) < 4.78 is 0. The van der Waals surface area contributed by atoms with Crippen molar-refractivity contribution in [3.63, 3.8) is 0 Å². The Bertz CT molecular complexity index is 534. The molecule has 0 unspecified atom stereocenters. The third kappa shape index (κ3) is 2.99. The number of nitrogens with one attached hydrogen (secondary N) is 1. The Morgan fingerprint density at radius 1 is 0.765 bits per heavy atom. The first-order valence-corrected chi connectivity index (χ1v) is 6.25. The number of hydrogen-bond donors (Lipinski definition) is 1. The van der Waals surface area contributed by atoms with Crippen molar-refractivity contribution in [2.45, 2.75) is 0 Å².